The van der Waals surface area contributed by atoms with Crippen molar-refractivity contribution in [2.75, 3.05) is 20.3 Å². The van der Waals surface area contributed by atoms with Gasteiger partial charge in [-0.1, -0.05) is 49.6 Å². The molecule has 6 nitrogen and oxygen atoms in total. The van der Waals surface area contributed by atoms with Crippen molar-refractivity contribution in [3.63, 3.8) is 0 Å². The van der Waals surface area contributed by atoms with Crippen LogP contribution < -0.4 is 4.74 Å². The Morgan fingerprint density at radius 1 is 1.09 bits per heavy atom. The fraction of sp³-hybridized carbons (Fsp3) is 0.571. The molecule has 1 saturated carbocycles. The molecule has 4 rings (SSSR count). The number of hydrogen-bond acceptors (Lipinski definition) is 6. The van der Waals surface area contributed by atoms with E-state index < -0.39 is 30.7 Å². The molecule has 0 amide bonds. The monoisotopic (exact) mass is 504 g/mol. The van der Waals surface area contributed by atoms with Gasteiger partial charge in [0.05, 0.1) is 19.3 Å². The van der Waals surface area contributed by atoms with Crippen molar-refractivity contribution in [2.24, 2.45) is 5.41 Å². The number of aliphatic hydroxyl groups is 3. The van der Waals surface area contributed by atoms with Gasteiger partial charge in [-0.15, -0.1) is 0 Å². The number of ether oxygens (including phenoxy) is 3. The van der Waals surface area contributed by atoms with E-state index in [4.69, 9.17) is 25.8 Å². The molecule has 3 N–H and O–H groups in total. The van der Waals surface area contributed by atoms with Gasteiger partial charge in [-0.2, -0.15) is 0 Å². The zero-order chi connectivity index (χ0) is 25.1. The average Bonchev–Trinajstić information content (AvgIpc) is 3.36. The molecule has 1 aliphatic carbocycles. The zero-order valence-electron chi connectivity index (χ0n) is 20.6. The van der Waals surface area contributed by atoms with Crippen molar-refractivity contribution < 1.29 is 29.5 Å². The van der Waals surface area contributed by atoms with Crippen LogP contribution in [-0.2, 0) is 21.7 Å². The van der Waals surface area contributed by atoms with E-state index in [1.807, 2.05) is 18.2 Å². The summed E-state index contributed by atoms with van der Waals surface area (Å²) in [6, 6.07) is 13.6. The zero-order valence-corrected chi connectivity index (χ0v) is 21.3. The second kappa shape index (κ2) is 11.2. The maximum atomic E-state index is 10.4. The van der Waals surface area contributed by atoms with Crippen LogP contribution >= 0.6 is 11.6 Å². The summed E-state index contributed by atoms with van der Waals surface area (Å²) in [7, 11) is 1.49. The van der Waals surface area contributed by atoms with Crippen molar-refractivity contribution in [1.82, 2.24) is 0 Å². The first-order valence-electron chi connectivity index (χ1n) is 12.5. The largest absolute Gasteiger partial charge is 0.493 e. The fourth-order valence-corrected chi connectivity index (χ4v) is 5.60. The SMILES string of the molecule is CCC1(COc2ccc(Cc3cc(C4(OC)CC(O)C(O)C(CO)O4)ccc3Cl)cc2)CCCC1. The van der Waals surface area contributed by atoms with Gasteiger partial charge >= 0.3 is 0 Å². The molecule has 2 aromatic carbocycles. The van der Waals surface area contributed by atoms with Crippen LogP contribution in [0.1, 0.15) is 62.1 Å². The number of benzene rings is 2. The van der Waals surface area contributed by atoms with Gasteiger partial charge in [0.1, 0.15) is 18.0 Å². The van der Waals surface area contributed by atoms with Gasteiger partial charge in [0.15, 0.2) is 5.79 Å². The van der Waals surface area contributed by atoms with Crippen LogP contribution in [-0.4, -0.2) is 54.0 Å². The Hall–Kier alpha value is -1.67. The molecular formula is C28H37ClO6. The Morgan fingerprint density at radius 3 is 2.43 bits per heavy atom. The first-order valence-corrected chi connectivity index (χ1v) is 12.9. The molecule has 1 saturated heterocycles. The van der Waals surface area contributed by atoms with E-state index in [-0.39, 0.29) is 6.42 Å². The van der Waals surface area contributed by atoms with Crippen LogP contribution in [0, 0.1) is 5.41 Å². The Balaban J connectivity index is 1.48. The highest BCUT2D eigenvalue weighted by Crippen LogP contribution is 2.42. The maximum Gasteiger partial charge on any atom is 0.197 e. The minimum absolute atomic E-state index is 0.0352. The normalized spacial score (nSPS) is 28.2. The smallest absolute Gasteiger partial charge is 0.197 e. The average molecular weight is 505 g/mol. The lowest BCUT2D eigenvalue weighted by molar-refractivity contribution is -0.323. The minimum atomic E-state index is -1.29. The molecule has 2 fully saturated rings. The van der Waals surface area contributed by atoms with E-state index in [1.54, 1.807) is 12.1 Å². The highest BCUT2D eigenvalue weighted by molar-refractivity contribution is 6.31. The van der Waals surface area contributed by atoms with E-state index in [2.05, 4.69) is 19.1 Å². The number of methoxy groups -OCH3 is 1. The van der Waals surface area contributed by atoms with Crippen LogP contribution in [0.15, 0.2) is 42.5 Å². The van der Waals surface area contributed by atoms with E-state index in [0.717, 1.165) is 29.9 Å². The summed E-state index contributed by atoms with van der Waals surface area (Å²) in [5, 5.41) is 30.7. The molecule has 4 atom stereocenters. The predicted molar refractivity (Wildman–Crippen MR) is 135 cm³/mol. The lowest BCUT2D eigenvalue weighted by atomic mass is 9.84. The molecule has 0 bridgehead atoms. The summed E-state index contributed by atoms with van der Waals surface area (Å²) in [5.74, 6) is -0.414. The number of rotatable bonds is 9. The quantitative estimate of drug-likeness (QED) is 0.463. The molecule has 0 radical (unpaired) electrons. The molecular weight excluding hydrogens is 468 g/mol. The second-order valence-electron chi connectivity index (χ2n) is 10.0. The third-order valence-corrected chi connectivity index (χ3v) is 8.24. The summed E-state index contributed by atoms with van der Waals surface area (Å²) in [5.41, 5.74) is 2.96. The molecule has 192 valence electrons. The highest BCUT2D eigenvalue weighted by Gasteiger charge is 2.47. The number of halogens is 1. The Labute approximate surface area is 212 Å². The molecule has 0 aromatic heterocycles. The van der Waals surface area contributed by atoms with E-state index in [1.165, 1.54) is 32.8 Å². The van der Waals surface area contributed by atoms with Crippen molar-refractivity contribution >= 4 is 11.6 Å². The third kappa shape index (κ3) is 5.68. The van der Waals surface area contributed by atoms with Crippen molar-refractivity contribution in [2.45, 2.75) is 76.0 Å². The number of aliphatic hydroxyl groups excluding tert-OH is 3. The van der Waals surface area contributed by atoms with Gasteiger partial charge in [-0.25, -0.2) is 0 Å². The van der Waals surface area contributed by atoms with Crippen LogP contribution in [0.5, 0.6) is 5.75 Å². The highest BCUT2D eigenvalue weighted by atomic mass is 35.5. The maximum absolute atomic E-state index is 10.4. The lowest BCUT2D eigenvalue weighted by Gasteiger charge is -2.44. The van der Waals surface area contributed by atoms with Crippen molar-refractivity contribution in [3.05, 3.63) is 64.2 Å². The van der Waals surface area contributed by atoms with E-state index in [9.17, 15) is 15.3 Å². The Bertz CT molecular complexity index is 974. The predicted octanol–water partition coefficient (Wildman–Crippen LogP) is 4.58. The first-order chi connectivity index (χ1) is 16.8. The van der Waals surface area contributed by atoms with Crippen molar-refractivity contribution in [3.8, 4) is 5.75 Å². The van der Waals surface area contributed by atoms with Gasteiger partial charge in [-0.3, -0.25) is 0 Å². The van der Waals surface area contributed by atoms with Gasteiger partial charge in [0, 0.05) is 29.5 Å². The molecule has 1 aliphatic heterocycles. The lowest BCUT2D eigenvalue weighted by Crippen LogP contribution is -2.55. The van der Waals surface area contributed by atoms with Gasteiger partial charge in [-0.05, 0) is 61.1 Å². The summed E-state index contributed by atoms with van der Waals surface area (Å²) < 4.78 is 17.8. The molecule has 7 heteroatoms. The standard InChI is InChI=1S/C28H37ClO6/c1-3-27(12-4-5-13-27)18-34-22-9-6-19(7-10-22)14-20-15-21(8-11-23(20)29)28(33-2)16-24(31)26(32)25(17-30)35-28/h6-11,15,24-26,30-32H,3-5,12-14,16-18H2,1-2H3. The van der Waals surface area contributed by atoms with Gasteiger partial charge < -0.3 is 29.5 Å². The molecule has 0 spiro atoms. The summed E-state index contributed by atoms with van der Waals surface area (Å²) in [6.07, 6.45) is 3.64. The molecule has 4 unspecified atom stereocenters. The first kappa shape index (κ1) is 26.4. The van der Waals surface area contributed by atoms with Gasteiger partial charge in [0.2, 0.25) is 0 Å². The Morgan fingerprint density at radius 2 is 1.80 bits per heavy atom. The van der Waals surface area contributed by atoms with Crippen LogP contribution in [0.2, 0.25) is 5.02 Å². The van der Waals surface area contributed by atoms with Crippen LogP contribution in [0.4, 0.5) is 0 Å². The summed E-state index contributed by atoms with van der Waals surface area (Å²) >= 11 is 6.53. The van der Waals surface area contributed by atoms with E-state index in [0.29, 0.717) is 22.4 Å². The second-order valence-corrected chi connectivity index (χ2v) is 10.4. The molecule has 1 heterocycles. The summed E-state index contributed by atoms with van der Waals surface area (Å²) in [6.45, 7) is 2.59. The molecule has 35 heavy (non-hydrogen) atoms. The topological polar surface area (TPSA) is 88.4 Å². The van der Waals surface area contributed by atoms with Crippen LogP contribution in [0.3, 0.4) is 0 Å². The summed E-state index contributed by atoms with van der Waals surface area (Å²) in [4.78, 5) is 0. The third-order valence-electron chi connectivity index (χ3n) is 7.87. The van der Waals surface area contributed by atoms with E-state index >= 15 is 0 Å². The molecule has 2 aromatic rings. The van der Waals surface area contributed by atoms with Crippen LogP contribution in [0.25, 0.3) is 0 Å². The van der Waals surface area contributed by atoms with Gasteiger partial charge in [0.25, 0.3) is 0 Å². The fourth-order valence-electron chi connectivity index (χ4n) is 5.42. The molecule has 2 aliphatic rings. The van der Waals surface area contributed by atoms with Crippen molar-refractivity contribution in [1.29, 1.82) is 0 Å². The number of hydrogen-bond donors (Lipinski definition) is 3. The Kier molecular flexibility index (Phi) is 8.41. The minimum Gasteiger partial charge on any atom is -0.493 e.